The predicted octanol–water partition coefficient (Wildman–Crippen LogP) is 0.147. The standard InChI is InChI=1S/C11H15FN2O3/c12-8-1-2-9(10(13)7-8)11(16)14-3-5-17-6-4-15/h1-2,7,15H,3-6,13H2,(H,14,16). The Hall–Kier alpha value is -1.66. The highest BCUT2D eigenvalue weighted by molar-refractivity contribution is 5.99. The van der Waals surface area contributed by atoms with Crippen molar-refractivity contribution in [2.45, 2.75) is 0 Å². The number of anilines is 1. The summed E-state index contributed by atoms with van der Waals surface area (Å²) in [6.07, 6.45) is 0. The van der Waals surface area contributed by atoms with E-state index < -0.39 is 5.82 Å². The van der Waals surface area contributed by atoms with Gasteiger partial charge in [-0.3, -0.25) is 4.79 Å². The van der Waals surface area contributed by atoms with Gasteiger partial charge in [-0.2, -0.15) is 0 Å². The molecule has 17 heavy (non-hydrogen) atoms. The summed E-state index contributed by atoms with van der Waals surface area (Å²) in [5, 5.41) is 11.0. The summed E-state index contributed by atoms with van der Waals surface area (Å²) in [5.41, 5.74) is 5.84. The largest absolute Gasteiger partial charge is 0.398 e. The first-order valence-electron chi connectivity index (χ1n) is 5.17. The fourth-order valence-corrected chi connectivity index (χ4v) is 1.24. The number of nitrogen functional groups attached to an aromatic ring is 1. The molecule has 5 nitrogen and oxygen atoms in total. The van der Waals surface area contributed by atoms with E-state index in [0.29, 0.717) is 13.2 Å². The monoisotopic (exact) mass is 242 g/mol. The molecule has 0 radical (unpaired) electrons. The number of rotatable bonds is 6. The van der Waals surface area contributed by atoms with E-state index in [1.807, 2.05) is 0 Å². The Morgan fingerprint density at radius 3 is 2.88 bits per heavy atom. The minimum absolute atomic E-state index is 0.0567. The van der Waals surface area contributed by atoms with Gasteiger partial charge in [0, 0.05) is 12.2 Å². The van der Waals surface area contributed by atoms with E-state index in [1.54, 1.807) is 0 Å². The average Bonchev–Trinajstić information content (AvgIpc) is 2.28. The first kappa shape index (κ1) is 13.4. The highest BCUT2D eigenvalue weighted by Gasteiger charge is 2.09. The molecular weight excluding hydrogens is 227 g/mol. The normalized spacial score (nSPS) is 10.2. The maximum Gasteiger partial charge on any atom is 0.253 e. The first-order chi connectivity index (χ1) is 8.15. The molecule has 0 spiro atoms. The number of carbonyl (C=O) groups excluding carboxylic acids is 1. The predicted molar refractivity (Wildman–Crippen MR) is 61.1 cm³/mol. The summed E-state index contributed by atoms with van der Waals surface area (Å²) in [6.45, 7) is 0.774. The molecule has 6 heteroatoms. The minimum atomic E-state index is -0.481. The van der Waals surface area contributed by atoms with Crippen LogP contribution in [0.15, 0.2) is 18.2 Å². The summed E-state index contributed by atoms with van der Waals surface area (Å²) < 4.78 is 17.7. The van der Waals surface area contributed by atoms with Crippen molar-refractivity contribution >= 4 is 11.6 Å². The summed E-state index contributed by atoms with van der Waals surface area (Å²) in [7, 11) is 0. The number of ether oxygens (including phenoxy) is 1. The van der Waals surface area contributed by atoms with Crippen LogP contribution in [-0.2, 0) is 4.74 Å². The maximum absolute atomic E-state index is 12.7. The van der Waals surface area contributed by atoms with Gasteiger partial charge >= 0.3 is 0 Å². The fraction of sp³-hybridized carbons (Fsp3) is 0.364. The molecule has 0 saturated carbocycles. The van der Waals surface area contributed by atoms with Crippen LogP contribution in [0.25, 0.3) is 0 Å². The third kappa shape index (κ3) is 4.38. The van der Waals surface area contributed by atoms with Crippen molar-refractivity contribution in [1.29, 1.82) is 0 Å². The molecule has 0 saturated heterocycles. The van der Waals surface area contributed by atoms with Crippen molar-refractivity contribution in [3.8, 4) is 0 Å². The quantitative estimate of drug-likeness (QED) is 0.489. The number of nitrogens with one attached hydrogen (secondary N) is 1. The lowest BCUT2D eigenvalue weighted by Crippen LogP contribution is -2.28. The summed E-state index contributed by atoms with van der Waals surface area (Å²) in [5.74, 6) is -0.861. The SMILES string of the molecule is Nc1cc(F)ccc1C(=O)NCCOCCO. The number of amides is 1. The van der Waals surface area contributed by atoms with E-state index in [1.165, 1.54) is 12.1 Å². The number of hydrogen-bond acceptors (Lipinski definition) is 4. The van der Waals surface area contributed by atoms with Gasteiger partial charge < -0.3 is 20.9 Å². The van der Waals surface area contributed by atoms with E-state index in [4.69, 9.17) is 15.6 Å². The Balaban J connectivity index is 2.42. The second kappa shape index (κ2) is 6.82. The van der Waals surface area contributed by atoms with Crippen LogP contribution in [0.5, 0.6) is 0 Å². The second-order valence-corrected chi connectivity index (χ2v) is 3.32. The van der Waals surface area contributed by atoms with Crippen LogP contribution in [0, 0.1) is 5.82 Å². The Labute approximate surface area is 98.4 Å². The van der Waals surface area contributed by atoms with Crippen LogP contribution in [-0.4, -0.2) is 37.4 Å². The highest BCUT2D eigenvalue weighted by Crippen LogP contribution is 2.12. The summed E-state index contributed by atoms with van der Waals surface area (Å²) in [4.78, 5) is 11.6. The molecule has 1 aromatic rings. The van der Waals surface area contributed by atoms with Gasteiger partial charge in [-0.25, -0.2) is 4.39 Å². The summed E-state index contributed by atoms with van der Waals surface area (Å²) >= 11 is 0. The number of nitrogens with two attached hydrogens (primary N) is 1. The smallest absolute Gasteiger partial charge is 0.253 e. The average molecular weight is 242 g/mol. The lowest BCUT2D eigenvalue weighted by molar-refractivity contribution is 0.0838. The summed E-state index contributed by atoms with van der Waals surface area (Å²) in [6, 6.07) is 3.60. The first-order valence-corrected chi connectivity index (χ1v) is 5.17. The van der Waals surface area contributed by atoms with Gasteiger partial charge in [0.05, 0.1) is 25.4 Å². The zero-order chi connectivity index (χ0) is 12.7. The molecule has 94 valence electrons. The van der Waals surface area contributed by atoms with Crippen molar-refractivity contribution in [3.05, 3.63) is 29.6 Å². The Morgan fingerprint density at radius 2 is 2.24 bits per heavy atom. The van der Waals surface area contributed by atoms with Crippen LogP contribution >= 0.6 is 0 Å². The van der Waals surface area contributed by atoms with Crippen LogP contribution < -0.4 is 11.1 Å². The van der Waals surface area contributed by atoms with Crippen LogP contribution in [0.4, 0.5) is 10.1 Å². The molecule has 1 rings (SSSR count). The van der Waals surface area contributed by atoms with Crippen molar-refractivity contribution < 1.29 is 19.0 Å². The molecule has 0 aliphatic carbocycles. The van der Waals surface area contributed by atoms with E-state index >= 15 is 0 Å². The highest BCUT2D eigenvalue weighted by atomic mass is 19.1. The van der Waals surface area contributed by atoms with Gasteiger partial charge in [0.1, 0.15) is 5.82 Å². The molecule has 0 unspecified atom stereocenters. The molecule has 1 aromatic carbocycles. The van der Waals surface area contributed by atoms with Crippen LogP contribution in [0.3, 0.4) is 0 Å². The van der Waals surface area contributed by atoms with Crippen molar-refractivity contribution in [2.24, 2.45) is 0 Å². The number of hydrogen-bond donors (Lipinski definition) is 3. The zero-order valence-electron chi connectivity index (χ0n) is 9.28. The molecule has 0 aliphatic rings. The lowest BCUT2D eigenvalue weighted by atomic mass is 10.1. The fourth-order valence-electron chi connectivity index (χ4n) is 1.24. The Morgan fingerprint density at radius 1 is 1.47 bits per heavy atom. The molecule has 0 aliphatic heterocycles. The number of halogens is 1. The van der Waals surface area contributed by atoms with Gasteiger partial charge in [0.2, 0.25) is 0 Å². The van der Waals surface area contributed by atoms with Crippen LogP contribution in [0.2, 0.25) is 0 Å². The third-order valence-corrected chi connectivity index (χ3v) is 2.03. The van der Waals surface area contributed by atoms with Crippen LogP contribution in [0.1, 0.15) is 10.4 Å². The van der Waals surface area contributed by atoms with E-state index in [2.05, 4.69) is 5.32 Å². The third-order valence-electron chi connectivity index (χ3n) is 2.03. The number of benzene rings is 1. The van der Waals surface area contributed by atoms with Gasteiger partial charge in [0.25, 0.3) is 5.91 Å². The molecule has 0 heterocycles. The van der Waals surface area contributed by atoms with E-state index in [9.17, 15) is 9.18 Å². The Bertz CT molecular complexity index is 385. The molecule has 0 atom stereocenters. The minimum Gasteiger partial charge on any atom is -0.398 e. The number of carbonyl (C=O) groups is 1. The molecule has 0 bridgehead atoms. The van der Waals surface area contributed by atoms with Gasteiger partial charge in [-0.05, 0) is 18.2 Å². The van der Waals surface area contributed by atoms with E-state index in [-0.39, 0.29) is 30.4 Å². The molecular formula is C11H15FN2O3. The van der Waals surface area contributed by atoms with Crippen molar-refractivity contribution in [2.75, 3.05) is 32.1 Å². The Kier molecular flexibility index (Phi) is 5.38. The topological polar surface area (TPSA) is 84.6 Å². The lowest BCUT2D eigenvalue weighted by Gasteiger charge is -2.07. The van der Waals surface area contributed by atoms with Gasteiger partial charge in [-0.1, -0.05) is 0 Å². The van der Waals surface area contributed by atoms with Gasteiger partial charge in [-0.15, -0.1) is 0 Å². The molecule has 4 N–H and O–H groups in total. The van der Waals surface area contributed by atoms with Crippen molar-refractivity contribution in [1.82, 2.24) is 5.32 Å². The second-order valence-electron chi connectivity index (χ2n) is 3.32. The molecule has 0 fully saturated rings. The number of aliphatic hydroxyl groups excluding tert-OH is 1. The molecule has 0 aromatic heterocycles. The van der Waals surface area contributed by atoms with E-state index in [0.717, 1.165) is 6.07 Å². The number of aliphatic hydroxyl groups is 1. The maximum atomic E-state index is 12.7. The van der Waals surface area contributed by atoms with Crippen molar-refractivity contribution in [3.63, 3.8) is 0 Å². The zero-order valence-corrected chi connectivity index (χ0v) is 9.28. The van der Waals surface area contributed by atoms with Gasteiger partial charge in [0.15, 0.2) is 0 Å². The molecule has 1 amide bonds.